The minimum atomic E-state index is -0.179. The van der Waals surface area contributed by atoms with Crippen LogP contribution in [0.25, 0.3) is 0 Å². The van der Waals surface area contributed by atoms with E-state index in [1.807, 2.05) is 0 Å². The van der Waals surface area contributed by atoms with Crippen LogP contribution in [0.15, 0.2) is 0 Å². The van der Waals surface area contributed by atoms with Crippen LogP contribution in [0.1, 0.15) is 47.0 Å². The van der Waals surface area contributed by atoms with Gasteiger partial charge in [-0.05, 0) is 30.6 Å². The first-order valence-electron chi connectivity index (χ1n) is 7.39. The van der Waals surface area contributed by atoms with E-state index in [2.05, 4.69) is 27.7 Å². The molecule has 2 amide bonds. The minimum Gasteiger partial charge on any atom is -0.331 e. The normalized spacial score (nSPS) is 26.4. The Hall–Kier alpha value is -1.06. The van der Waals surface area contributed by atoms with E-state index in [0.29, 0.717) is 12.5 Å². The smallest absolute Gasteiger partial charge is 0.245 e. The van der Waals surface area contributed by atoms with Gasteiger partial charge in [-0.3, -0.25) is 9.59 Å². The molecule has 0 spiro atoms. The van der Waals surface area contributed by atoms with Crippen LogP contribution >= 0.6 is 0 Å². The second-order valence-corrected chi connectivity index (χ2v) is 7.08. The number of fused-ring (bicyclic) bond motifs is 1. The van der Waals surface area contributed by atoms with Crippen molar-refractivity contribution in [1.82, 2.24) is 9.80 Å². The number of piperidine rings is 1. The summed E-state index contributed by atoms with van der Waals surface area (Å²) in [6, 6.07) is -0.179. The molecule has 2 aliphatic heterocycles. The lowest BCUT2D eigenvalue weighted by Gasteiger charge is -2.44. The molecule has 2 aliphatic rings. The Labute approximate surface area is 116 Å². The van der Waals surface area contributed by atoms with Crippen LogP contribution in [0, 0.1) is 11.3 Å². The Morgan fingerprint density at radius 1 is 1.26 bits per heavy atom. The predicted molar refractivity (Wildman–Crippen MR) is 74.6 cm³/mol. The lowest BCUT2D eigenvalue weighted by Crippen LogP contribution is -2.62. The molecular formula is C15H26N2O2. The lowest BCUT2D eigenvalue weighted by atomic mass is 9.81. The maximum Gasteiger partial charge on any atom is 0.245 e. The number of carbonyl (C=O) groups is 2. The van der Waals surface area contributed by atoms with E-state index >= 15 is 0 Å². The Kier molecular flexibility index (Phi) is 3.88. The van der Waals surface area contributed by atoms with Gasteiger partial charge in [0.1, 0.15) is 6.04 Å². The van der Waals surface area contributed by atoms with Crippen molar-refractivity contribution >= 4 is 11.8 Å². The Balaban J connectivity index is 2.07. The van der Waals surface area contributed by atoms with Gasteiger partial charge in [0.15, 0.2) is 0 Å². The van der Waals surface area contributed by atoms with Gasteiger partial charge in [-0.2, -0.15) is 0 Å². The van der Waals surface area contributed by atoms with Crippen LogP contribution in [0.5, 0.6) is 0 Å². The monoisotopic (exact) mass is 266 g/mol. The fourth-order valence-corrected chi connectivity index (χ4v) is 2.79. The maximum atomic E-state index is 12.5. The molecule has 2 atom stereocenters. The predicted octanol–water partition coefficient (Wildman–Crippen LogP) is 1.89. The molecule has 2 rings (SSSR count). The zero-order valence-electron chi connectivity index (χ0n) is 12.6. The quantitative estimate of drug-likeness (QED) is 0.766. The van der Waals surface area contributed by atoms with Gasteiger partial charge in [-0.1, -0.05) is 27.7 Å². The fraction of sp³-hybridized carbons (Fsp3) is 0.867. The van der Waals surface area contributed by atoms with Crippen LogP contribution in [0.4, 0.5) is 0 Å². The van der Waals surface area contributed by atoms with E-state index in [1.165, 1.54) is 0 Å². The van der Waals surface area contributed by atoms with Gasteiger partial charge in [0, 0.05) is 13.1 Å². The Bertz CT molecular complexity index is 373. The van der Waals surface area contributed by atoms with E-state index in [0.717, 1.165) is 25.8 Å². The molecule has 4 nitrogen and oxygen atoms in total. The van der Waals surface area contributed by atoms with Crippen molar-refractivity contribution in [1.29, 1.82) is 0 Å². The van der Waals surface area contributed by atoms with Crippen molar-refractivity contribution in [2.24, 2.45) is 11.3 Å². The molecule has 0 aromatic rings. The standard InChI is InChI=1S/C15H26N2O2/c1-11(15(2,3)4)9-16-10-13(18)17-8-6-5-7-12(17)14(16)19/h11-12H,5-10H2,1-4H3. The van der Waals surface area contributed by atoms with E-state index in [9.17, 15) is 9.59 Å². The summed E-state index contributed by atoms with van der Waals surface area (Å²) in [4.78, 5) is 28.2. The second kappa shape index (κ2) is 5.14. The van der Waals surface area contributed by atoms with Gasteiger partial charge in [0.2, 0.25) is 11.8 Å². The molecule has 0 aromatic carbocycles. The van der Waals surface area contributed by atoms with Gasteiger partial charge in [-0.25, -0.2) is 0 Å². The number of amides is 2. The van der Waals surface area contributed by atoms with Gasteiger partial charge in [0.25, 0.3) is 0 Å². The van der Waals surface area contributed by atoms with Gasteiger partial charge in [-0.15, -0.1) is 0 Å². The highest BCUT2D eigenvalue weighted by Gasteiger charge is 2.41. The van der Waals surface area contributed by atoms with E-state index in [-0.39, 0.29) is 29.8 Å². The number of hydrogen-bond donors (Lipinski definition) is 0. The number of rotatable bonds is 2. The molecular weight excluding hydrogens is 240 g/mol. The highest BCUT2D eigenvalue weighted by Crippen LogP contribution is 2.29. The summed E-state index contributed by atoms with van der Waals surface area (Å²) in [7, 11) is 0. The van der Waals surface area contributed by atoms with Crippen LogP contribution in [-0.2, 0) is 9.59 Å². The third-order valence-electron chi connectivity index (χ3n) is 4.72. The number of carbonyl (C=O) groups excluding carboxylic acids is 2. The zero-order valence-corrected chi connectivity index (χ0v) is 12.6. The first-order chi connectivity index (χ1) is 8.80. The molecule has 2 unspecified atom stereocenters. The van der Waals surface area contributed by atoms with Crippen molar-refractivity contribution in [2.75, 3.05) is 19.6 Å². The van der Waals surface area contributed by atoms with Crippen molar-refractivity contribution in [3.63, 3.8) is 0 Å². The molecule has 2 saturated heterocycles. The molecule has 0 radical (unpaired) electrons. The molecule has 0 aromatic heterocycles. The third kappa shape index (κ3) is 2.93. The Morgan fingerprint density at radius 2 is 1.95 bits per heavy atom. The maximum absolute atomic E-state index is 12.5. The van der Waals surface area contributed by atoms with Crippen LogP contribution in [-0.4, -0.2) is 47.3 Å². The molecule has 0 saturated carbocycles. The average molecular weight is 266 g/mol. The highest BCUT2D eigenvalue weighted by molar-refractivity contribution is 5.95. The molecule has 0 bridgehead atoms. The summed E-state index contributed by atoms with van der Waals surface area (Å²) in [5.41, 5.74) is 0.160. The largest absolute Gasteiger partial charge is 0.331 e. The highest BCUT2D eigenvalue weighted by atomic mass is 16.2. The van der Waals surface area contributed by atoms with Crippen molar-refractivity contribution in [2.45, 2.75) is 53.0 Å². The third-order valence-corrected chi connectivity index (χ3v) is 4.72. The number of hydrogen-bond acceptors (Lipinski definition) is 2. The van der Waals surface area contributed by atoms with Gasteiger partial charge >= 0.3 is 0 Å². The van der Waals surface area contributed by atoms with Gasteiger partial charge < -0.3 is 9.80 Å². The summed E-state index contributed by atoms with van der Waals surface area (Å²) < 4.78 is 0. The zero-order chi connectivity index (χ0) is 14.2. The summed E-state index contributed by atoms with van der Waals surface area (Å²) in [6.45, 7) is 10.4. The SMILES string of the molecule is CC(CN1CC(=O)N2CCCCC2C1=O)C(C)(C)C. The average Bonchev–Trinajstić information content (AvgIpc) is 2.34. The van der Waals surface area contributed by atoms with Crippen LogP contribution in [0.2, 0.25) is 0 Å². The summed E-state index contributed by atoms with van der Waals surface area (Å²) in [5.74, 6) is 0.681. The second-order valence-electron chi connectivity index (χ2n) is 7.08. The van der Waals surface area contributed by atoms with Gasteiger partial charge in [0.05, 0.1) is 6.54 Å². The summed E-state index contributed by atoms with van der Waals surface area (Å²) >= 11 is 0. The fourth-order valence-electron chi connectivity index (χ4n) is 2.79. The van der Waals surface area contributed by atoms with Crippen LogP contribution in [0.3, 0.4) is 0 Å². The molecule has 19 heavy (non-hydrogen) atoms. The topological polar surface area (TPSA) is 40.6 Å². The molecule has 2 heterocycles. The number of piperazine rings is 1. The lowest BCUT2D eigenvalue weighted by molar-refractivity contribution is -0.158. The molecule has 0 aliphatic carbocycles. The molecule has 4 heteroatoms. The van der Waals surface area contributed by atoms with E-state index in [1.54, 1.807) is 9.80 Å². The summed E-state index contributed by atoms with van der Waals surface area (Å²) in [6.07, 6.45) is 2.93. The van der Waals surface area contributed by atoms with Crippen molar-refractivity contribution in [3.05, 3.63) is 0 Å². The first-order valence-corrected chi connectivity index (χ1v) is 7.39. The van der Waals surface area contributed by atoms with Crippen molar-refractivity contribution < 1.29 is 9.59 Å². The summed E-state index contributed by atoms with van der Waals surface area (Å²) in [5, 5.41) is 0. The molecule has 2 fully saturated rings. The first kappa shape index (κ1) is 14.4. The van der Waals surface area contributed by atoms with Crippen LogP contribution < -0.4 is 0 Å². The van der Waals surface area contributed by atoms with E-state index in [4.69, 9.17) is 0 Å². The molecule has 108 valence electrons. The Morgan fingerprint density at radius 3 is 2.58 bits per heavy atom. The minimum absolute atomic E-state index is 0.130. The number of nitrogens with zero attached hydrogens (tertiary/aromatic N) is 2. The van der Waals surface area contributed by atoms with E-state index < -0.39 is 0 Å². The van der Waals surface area contributed by atoms with Crippen molar-refractivity contribution in [3.8, 4) is 0 Å². The molecule has 0 N–H and O–H groups in total.